The Kier molecular flexibility index (Phi) is 9.76. The number of hydrogen-bond acceptors (Lipinski definition) is 10. The van der Waals surface area contributed by atoms with Gasteiger partial charge in [-0.25, -0.2) is 14.2 Å². The van der Waals surface area contributed by atoms with E-state index in [9.17, 15) is 14.3 Å². The van der Waals surface area contributed by atoms with Crippen LogP contribution in [0.4, 0.5) is 8.78 Å². The molecule has 2 heterocycles. The topological polar surface area (TPSA) is 153 Å². The Morgan fingerprint density at radius 1 is 1.19 bits per heavy atom. The molecular weight excluding hydrogens is 564 g/mol. The van der Waals surface area contributed by atoms with Crippen LogP contribution in [0.1, 0.15) is 44.5 Å². The minimum atomic E-state index is -1.28. The highest BCUT2D eigenvalue weighted by Gasteiger charge is 2.28. The van der Waals surface area contributed by atoms with Crippen molar-refractivity contribution in [3.8, 4) is 34.6 Å². The van der Waals surface area contributed by atoms with E-state index in [0.717, 1.165) is 0 Å². The average Bonchev–Trinajstić information content (AvgIpc) is 3.39. The van der Waals surface area contributed by atoms with E-state index < -0.39 is 41.5 Å². The first-order valence-electron chi connectivity index (χ1n) is 13.5. The number of aliphatic imine (C=N–C) groups is 1. The van der Waals surface area contributed by atoms with Gasteiger partial charge < -0.3 is 29.8 Å². The van der Waals surface area contributed by atoms with Crippen LogP contribution in [0, 0.1) is 23.0 Å². The smallest absolute Gasteiger partial charge is 0.347 e. The van der Waals surface area contributed by atoms with Crippen molar-refractivity contribution >= 4 is 18.0 Å². The lowest BCUT2D eigenvalue weighted by Gasteiger charge is -2.24. The normalized spacial score (nSPS) is 15.4. The molecule has 0 radical (unpaired) electrons. The molecule has 3 aromatic rings. The monoisotopic (exact) mass is 597 g/mol. The number of nitrogens with two attached hydrogens (primary N) is 1. The zero-order chi connectivity index (χ0) is 31.3. The van der Waals surface area contributed by atoms with E-state index in [2.05, 4.69) is 9.98 Å². The van der Waals surface area contributed by atoms with Crippen molar-refractivity contribution in [2.75, 3.05) is 20.2 Å². The molecule has 1 aliphatic heterocycles. The number of carbonyl (C=O) groups excluding carboxylic acids is 1. The molecule has 43 heavy (non-hydrogen) atoms. The molecule has 0 amide bonds. The molecule has 2 atom stereocenters. The van der Waals surface area contributed by atoms with Crippen LogP contribution in [-0.4, -0.2) is 59.3 Å². The van der Waals surface area contributed by atoms with Gasteiger partial charge in [0, 0.05) is 23.9 Å². The summed E-state index contributed by atoms with van der Waals surface area (Å²) in [7, 11) is 1.82. The summed E-state index contributed by atoms with van der Waals surface area (Å²) in [5, 5.41) is 17.7. The van der Waals surface area contributed by atoms with Gasteiger partial charge in [0.05, 0.1) is 12.8 Å². The number of carbonyl (C=O) groups is 1. The highest BCUT2D eigenvalue weighted by Crippen LogP contribution is 2.41. The molecule has 4 rings (SSSR count). The molecule has 1 aliphatic rings. The summed E-state index contributed by atoms with van der Waals surface area (Å²) in [6.45, 7) is 6.34. The number of benzene rings is 2. The van der Waals surface area contributed by atoms with Crippen LogP contribution in [0.15, 0.2) is 47.6 Å². The Morgan fingerprint density at radius 3 is 2.60 bits per heavy atom. The van der Waals surface area contributed by atoms with E-state index >= 15 is 4.39 Å². The summed E-state index contributed by atoms with van der Waals surface area (Å²) < 4.78 is 52.9. The Balaban J connectivity index is 1.69. The SMILES string of the molecule is CCOC(=O)C(CC(C)C)Oc1ccc(Oc2c(F)cnc(Oc3cc(C(=N)N)ccc3O)c2F)c(C2N=CCN2C)c1. The van der Waals surface area contributed by atoms with Crippen LogP contribution in [0.2, 0.25) is 0 Å². The number of amidine groups is 1. The quantitative estimate of drug-likeness (QED) is 0.143. The summed E-state index contributed by atoms with van der Waals surface area (Å²) in [6, 6.07) is 8.40. The number of pyridine rings is 1. The lowest BCUT2D eigenvalue weighted by molar-refractivity contribution is -0.152. The van der Waals surface area contributed by atoms with Gasteiger partial charge in [-0.1, -0.05) is 13.8 Å². The van der Waals surface area contributed by atoms with E-state index in [1.807, 2.05) is 25.8 Å². The predicted octanol–water partition coefficient (Wildman–Crippen LogP) is 5.31. The summed E-state index contributed by atoms with van der Waals surface area (Å²) >= 11 is 0. The van der Waals surface area contributed by atoms with Gasteiger partial charge in [-0.05, 0) is 62.7 Å². The number of phenolic OH excluding ortho intramolecular Hbond substituents is 1. The number of esters is 1. The van der Waals surface area contributed by atoms with Gasteiger partial charge in [0.15, 0.2) is 23.4 Å². The molecular formula is C30H33F2N5O6. The molecule has 11 nitrogen and oxygen atoms in total. The molecule has 1 aromatic heterocycles. The van der Waals surface area contributed by atoms with Crippen LogP contribution >= 0.6 is 0 Å². The van der Waals surface area contributed by atoms with Crippen molar-refractivity contribution < 1.29 is 37.6 Å². The number of hydrogen-bond donors (Lipinski definition) is 3. The van der Waals surface area contributed by atoms with Crippen molar-refractivity contribution in [1.82, 2.24) is 9.88 Å². The highest BCUT2D eigenvalue weighted by atomic mass is 19.1. The third-order valence-electron chi connectivity index (χ3n) is 6.40. The molecule has 0 spiro atoms. The molecule has 4 N–H and O–H groups in total. The van der Waals surface area contributed by atoms with Crippen LogP contribution in [0.5, 0.6) is 34.6 Å². The second-order valence-corrected chi connectivity index (χ2v) is 10.2. The number of nitrogens with one attached hydrogen (secondary N) is 1. The average molecular weight is 598 g/mol. The number of halogens is 2. The Labute approximate surface area is 247 Å². The Hall–Kier alpha value is -4.78. The summed E-state index contributed by atoms with van der Waals surface area (Å²) in [5.74, 6) is -4.79. The third-order valence-corrected chi connectivity index (χ3v) is 6.40. The summed E-state index contributed by atoms with van der Waals surface area (Å²) in [6.07, 6.45) is 1.39. The lowest BCUT2D eigenvalue weighted by Crippen LogP contribution is -2.31. The predicted molar refractivity (Wildman–Crippen MR) is 154 cm³/mol. The molecule has 228 valence electrons. The molecule has 0 bridgehead atoms. The number of nitrogen functional groups attached to an aromatic ring is 1. The fraction of sp³-hybridized carbons (Fsp3) is 0.333. The van der Waals surface area contributed by atoms with Crippen molar-refractivity contribution in [3.05, 3.63) is 65.4 Å². The summed E-state index contributed by atoms with van der Waals surface area (Å²) in [5.41, 5.74) is 6.12. The third kappa shape index (κ3) is 7.36. The number of nitrogens with zero attached hydrogens (tertiary/aromatic N) is 3. The van der Waals surface area contributed by atoms with Gasteiger partial charge in [-0.2, -0.15) is 4.39 Å². The van der Waals surface area contributed by atoms with E-state index in [4.69, 9.17) is 30.1 Å². The van der Waals surface area contributed by atoms with Crippen molar-refractivity contribution in [1.29, 1.82) is 5.41 Å². The molecule has 2 unspecified atom stereocenters. The molecule has 0 saturated carbocycles. The second kappa shape index (κ2) is 13.5. The molecule has 13 heteroatoms. The zero-order valence-corrected chi connectivity index (χ0v) is 24.1. The number of rotatable bonds is 12. The van der Waals surface area contributed by atoms with Gasteiger partial charge in [0.2, 0.25) is 11.6 Å². The number of phenols is 1. The largest absolute Gasteiger partial charge is 0.504 e. The highest BCUT2D eigenvalue weighted by molar-refractivity contribution is 5.95. The molecule has 2 aromatic carbocycles. The van der Waals surface area contributed by atoms with Crippen molar-refractivity contribution in [3.63, 3.8) is 0 Å². The van der Waals surface area contributed by atoms with Gasteiger partial charge in [-0.3, -0.25) is 15.3 Å². The number of aromatic nitrogens is 1. The zero-order valence-electron chi connectivity index (χ0n) is 24.1. The number of aromatic hydroxyl groups is 1. The summed E-state index contributed by atoms with van der Waals surface area (Å²) in [4.78, 5) is 22.6. The van der Waals surface area contributed by atoms with E-state index in [1.54, 1.807) is 19.2 Å². The maximum absolute atomic E-state index is 15.6. The molecule has 0 fully saturated rings. The maximum Gasteiger partial charge on any atom is 0.347 e. The van der Waals surface area contributed by atoms with Gasteiger partial charge in [-0.15, -0.1) is 0 Å². The van der Waals surface area contributed by atoms with Crippen LogP contribution < -0.4 is 19.9 Å². The fourth-order valence-corrected chi connectivity index (χ4v) is 4.30. The van der Waals surface area contributed by atoms with E-state index in [0.29, 0.717) is 30.5 Å². The van der Waals surface area contributed by atoms with Crippen LogP contribution in [0.3, 0.4) is 0 Å². The standard InChI is InChI=1S/C30H33F2N5O6/c1-5-40-30(39)24(12-16(2)3)41-18-7-9-22(19(14-18)28-35-10-11-37(28)4)42-26-20(31)15-36-29(25(26)32)43-23-13-17(27(33)34)6-8-21(23)38/h6-10,13-16,24,28,38H,5,11-12H2,1-4H3,(H3,33,34). The minimum absolute atomic E-state index is 0.0659. The van der Waals surface area contributed by atoms with Crippen LogP contribution in [-0.2, 0) is 9.53 Å². The van der Waals surface area contributed by atoms with E-state index in [-0.39, 0.29) is 41.2 Å². The fourth-order valence-electron chi connectivity index (χ4n) is 4.30. The van der Waals surface area contributed by atoms with E-state index in [1.165, 1.54) is 30.3 Å². The minimum Gasteiger partial charge on any atom is -0.504 e. The second-order valence-electron chi connectivity index (χ2n) is 10.2. The molecule has 0 saturated heterocycles. The Morgan fingerprint density at radius 2 is 1.95 bits per heavy atom. The van der Waals surface area contributed by atoms with Crippen molar-refractivity contribution in [2.45, 2.75) is 39.5 Å². The van der Waals surface area contributed by atoms with Gasteiger partial charge in [0.25, 0.3) is 5.88 Å². The first kappa shape index (κ1) is 31.2. The molecule has 0 aliphatic carbocycles. The maximum atomic E-state index is 15.6. The van der Waals surface area contributed by atoms with Gasteiger partial charge >= 0.3 is 5.97 Å². The van der Waals surface area contributed by atoms with Gasteiger partial charge in [0.1, 0.15) is 23.5 Å². The lowest BCUT2D eigenvalue weighted by atomic mass is 10.1. The number of ether oxygens (including phenoxy) is 4. The Bertz CT molecular complexity index is 1530. The van der Waals surface area contributed by atoms with Crippen molar-refractivity contribution in [2.24, 2.45) is 16.6 Å². The van der Waals surface area contributed by atoms with Crippen LogP contribution in [0.25, 0.3) is 0 Å². The first-order chi connectivity index (χ1) is 20.5. The first-order valence-corrected chi connectivity index (χ1v) is 13.5.